The lowest BCUT2D eigenvalue weighted by Crippen LogP contribution is -2.28. The summed E-state index contributed by atoms with van der Waals surface area (Å²) in [4.78, 5) is 0. The van der Waals surface area contributed by atoms with Gasteiger partial charge in [0, 0.05) is 12.1 Å². The molecule has 32 heavy (non-hydrogen) atoms. The minimum atomic E-state index is -5.25. The molecule has 0 aliphatic rings. The Labute approximate surface area is 171 Å². The Bertz CT molecular complexity index is 826. The molecule has 0 saturated heterocycles. The fourth-order valence-electron chi connectivity index (χ4n) is 2.76. The van der Waals surface area contributed by atoms with Crippen LogP contribution in [0.2, 0.25) is 0 Å². The van der Waals surface area contributed by atoms with Crippen LogP contribution in [0.3, 0.4) is 0 Å². The molecular weight excluding hydrogens is 472 g/mol. The fraction of sp³-hybridized carbons (Fsp3) is 0.333. The molecule has 2 aromatic rings. The van der Waals surface area contributed by atoms with Crippen LogP contribution in [-0.4, -0.2) is 0 Å². The Morgan fingerprint density at radius 1 is 0.406 bits per heavy atom. The average Bonchev–Trinajstić information content (AvgIpc) is 2.63. The van der Waals surface area contributed by atoms with Gasteiger partial charge < -0.3 is 11.5 Å². The molecule has 0 amide bonds. The Balaban J connectivity index is 2.63. The van der Waals surface area contributed by atoms with Crippen LogP contribution in [0.1, 0.15) is 45.5 Å². The van der Waals surface area contributed by atoms with Crippen molar-refractivity contribution in [3.63, 3.8) is 0 Å². The molecule has 0 aromatic heterocycles. The topological polar surface area (TPSA) is 52.0 Å². The molecule has 0 spiro atoms. The second-order valence-electron chi connectivity index (χ2n) is 6.73. The summed E-state index contributed by atoms with van der Waals surface area (Å²) in [5.41, 5.74) is 2.32. The van der Waals surface area contributed by atoms with Crippen LogP contribution >= 0.6 is 0 Å². The number of alkyl halides is 12. The molecule has 2 nitrogen and oxygen atoms in total. The summed E-state index contributed by atoms with van der Waals surface area (Å²) in [6.07, 6.45) is -21.0. The van der Waals surface area contributed by atoms with E-state index < -0.39 is 70.2 Å². The maximum absolute atomic E-state index is 13.0. The molecule has 0 aliphatic carbocycles. The van der Waals surface area contributed by atoms with Gasteiger partial charge in [0.25, 0.3) is 0 Å². The smallest absolute Gasteiger partial charge is 0.322 e. The molecular formula is C18H12F12N2. The lowest BCUT2D eigenvalue weighted by Gasteiger charge is -2.24. The van der Waals surface area contributed by atoms with Crippen LogP contribution in [0.4, 0.5) is 52.7 Å². The van der Waals surface area contributed by atoms with Crippen molar-refractivity contribution in [2.75, 3.05) is 0 Å². The highest BCUT2D eigenvalue weighted by atomic mass is 19.4. The number of benzene rings is 2. The van der Waals surface area contributed by atoms with Gasteiger partial charge in [0.05, 0.1) is 22.3 Å². The predicted octanol–water partition coefficient (Wildman–Crippen LogP) is 6.46. The number of hydrogen-bond donors (Lipinski definition) is 2. The van der Waals surface area contributed by atoms with Gasteiger partial charge in [0.2, 0.25) is 0 Å². The highest BCUT2D eigenvalue weighted by molar-refractivity contribution is 5.39. The number of halogens is 12. The van der Waals surface area contributed by atoms with E-state index in [0.717, 1.165) is 0 Å². The first kappa shape index (κ1) is 25.8. The maximum atomic E-state index is 13.0. The standard InChI is InChI=1S/C18H12F12N2/c19-15(20,21)9-1-7(2-10(5-9)16(22,23)24)13(31)14(32)8-3-11(17(25,26)27)6-12(4-8)18(28,29)30/h1-6,13-14H,31-32H2/t13-,14-/m0/s1. The molecule has 0 radical (unpaired) electrons. The molecule has 0 unspecified atom stereocenters. The zero-order chi connectivity index (χ0) is 24.9. The summed E-state index contributed by atoms with van der Waals surface area (Å²) in [5.74, 6) is 0. The highest BCUT2D eigenvalue weighted by Crippen LogP contribution is 2.41. The van der Waals surface area contributed by atoms with E-state index in [4.69, 9.17) is 11.5 Å². The minimum absolute atomic E-state index is 0.193. The van der Waals surface area contributed by atoms with Gasteiger partial charge in [-0.1, -0.05) is 0 Å². The van der Waals surface area contributed by atoms with Crippen LogP contribution in [0.15, 0.2) is 36.4 Å². The van der Waals surface area contributed by atoms with Gasteiger partial charge in [-0.25, -0.2) is 0 Å². The highest BCUT2D eigenvalue weighted by Gasteiger charge is 2.40. The average molecular weight is 484 g/mol. The fourth-order valence-corrected chi connectivity index (χ4v) is 2.76. The largest absolute Gasteiger partial charge is 0.416 e. The Kier molecular flexibility index (Phi) is 6.56. The molecule has 4 N–H and O–H groups in total. The third-order valence-corrected chi connectivity index (χ3v) is 4.38. The Morgan fingerprint density at radius 3 is 0.750 bits per heavy atom. The zero-order valence-electron chi connectivity index (χ0n) is 15.3. The van der Waals surface area contributed by atoms with Crippen molar-refractivity contribution in [3.8, 4) is 0 Å². The number of nitrogens with two attached hydrogens (primary N) is 2. The second kappa shape index (κ2) is 8.14. The van der Waals surface area contributed by atoms with Crippen molar-refractivity contribution in [2.24, 2.45) is 11.5 Å². The molecule has 0 aliphatic heterocycles. The quantitative estimate of drug-likeness (QED) is 0.492. The summed E-state index contributed by atoms with van der Waals surface area (Å²) in [7, 11) is 0. The summed E-state index contributed by atoms with van der Waals surface area (Å²) < 4.78 is 156. The lowest BCUT2D eigenvalue weighted by molar-refractivity contribution is -0.144. The predicted molar refractivity (Wildman–Crippen MR) is 86.7 cm³/mol. The third kappa shape index (κ3) is 5.85. The summed E-state index contributed by atoms with van der Waals surface area (Å²) >= 11 is 0. The van der Waals surface area contributed by atoms with E-state index in [1.807, 2.05) is 0 Å². The van der Waals surface area contributed by atoms with Crippen LogP contribution in [0, 0.1) is 0 Å². The first-order valence-corrected chi connectivity index (χ1v) is 8.31. The van der Waals surface area contributed by atoms with E-state index in [1.165, 1.54) is 0 Å². The molecule has 0 bridgehead atoms. The van der Waals surface area contributed by atoms with E-state index in [-0.39, 0.29) is 36.4 Å². The van der Waals surface area contributed by atoms with E-state index in [1.54, 1.807) is 0 Å². The van der Waals surface area contributed by atoms with Crippen molar-refractivity contribution in [3.05, 3.63) is 69.8 Å². The lowest BCUT2D eigenvalue weighted by atomic mass is 9.90. The zero-order valence-corrected chi connectivity index (χ0v) is 15.3. The molecule has 0 saturated carbocycles. The van der Waals surface area contributed by atoms with Gasteiger partial charge >= 0.3 is 24.7 Å². The van der Waals surface area contributed by atoms with E-state index in [9.17, 15) is 52.7 Å². The van der Waals surface area contributed by atoms with Crippen molar-refractivity contribution in [2.45, 2.75) is 36.8 Å². The molecule has 0 heterocycles. The van der Waals surface area contributed by atoms with Crippen LogP contribution in [0.25, 0.3) is 0 Å². The van der Waals surface area contributed by atoms with Crippen molar-refractivity contribution in [1.29, 1.82) is 0 Å². The van der Waals surface area contributed by atoms with Crippen LogP contribution < -0.4 is 11.5 Å². The number of rotatable bonds is 3. The molecule has 2 atom stereocenters. The normalized spacial score (nSPS) is 15.6. The first-order valence-electron chi connectivity index (χ1n) is 8.31. The SMILES string of the molecule is N[C@@H](c1cc(C(F)(F)F)cc(C(F)(F)F)c1)[C@@H](N)c1cc(C(F)(F)F)cc(C(F)(F)F)c1. The van der Waals surface area contributed by atoms with Gasteiger partial charge in [0.1, 0.15) is 0 Å². The third-order valence-electron chi connectivity index (χ3n) is 4.38. The Hall–Kier alpha value is -2.48. The van der Waals surface area contributed by atoms with Gasteiger partial charge in [-0.2, -0.15) is 52.7 Å². The van der Waals surface area contributed by atoms with Crippen molar-refractivity contribution >= 4 is 0 Å². The minimum Gasteiger partial charge on any atom is -0.322 e. The molecule has 2 rings (SSSR count). The van der Waals surface area contributed by atoms with Crippen molar-refractivity contribution in [1.82, 2.24) is 0 Å². The summed E-state index contributed by atoms with van der Waals surface area (Å²) in [5, 5.41) is 0. The Morgan fingerprint density at radius 2 is 0.594 bits per heavy atom. The van der Waals surface area contributed by atoms with Crippen LogP contribution in [-0.2, 0) is 24.7 Å². The first-order chi connectivity index (χ1) is 14.2. The monoisotopic (exact) mass is 484 g/mol. The second-order valence-corrected chi connectivity index (χ2v) is 6.73. The van der Waals surface area contributed by atoms with Gasteiger partial charge in [-0.05, 0) is 47.5 Å². The van der Waals surface area contributed by atoms with Crippen molar-refractivity contribution < 1.29 is 52.7 Å². The van der Waals surface area contributed by atoms with E-state index in [0.29, 0.717) is 0 Å². The summed E-state index contributed by atoms with van der Waals surface area (Å²) in [6, 6.07) is -3.68. The van der Waals surface area contributed by atoms with Gasteiger partial charge in [-0.15, -0.1) is 0 Å². The molecule has 14 heteroatoms. The molecule has 0 fully saturated rings. The summed E-state index contributed by atoms with van der Waals surface area (Å²) in [6.45, 7) is 0. The number of hydrogen-bond acceptors (Lipinski definition) is 2. The van der Waals surface area contributed by atoms with Crippen LogP contribution in [0.5, 0.6) is 0 Å². The molecule has 2 aromatic carbocycles. The van der Waals surface area contributed by atoms with Gasteiger partial charge in [-0.3, -0.25) is 0 Å². The van der Waals surface area contributed by atoms with E-state index >= 15 is 0 Å². The maximum Gasteiger partial charge on any atom is 0.416 e. The van der Waals surface area contributed by atoms with Gasteiger partial charge in [0.15, 0.2) is 0 Å². The van der Waals surface area contributed by atoms with E-state index in [2.05, 4.69) is 0 Å². The molecule has 178 valence electrons.